The van der Waals surface area contributed by atoms with Crippen molar-refractivity contribution in [3.8, 4) is 0 Å². The van der Waals surface area contributed by atoms with Crippen LogP contribution in [-0.2, 0) is 9.84 Å². The first kappa shape index (κ1) is 17.0. The van der Waals surface area contributed by atoms with E-state index in [1.807, 2.05) is 13.8 Å². The van der Waals surface area contributed by atoms with E-state index in [-0.39, 0.29) is 10.8 Å². The summed E-state index contributed by atoms with van der Waals surface area (Å²) >= 11 is 5.95. The third-order valence-corrected chi connectivity index (χ3v) is 5.13. The molecule has 0 heterocycles. The number of nitrogens with one attached hydrogen (secondary N) is 1. The molecule has 0 aliphatic heterocycles. The number of halogens is 1. The maximum Gasteiger partial charge on any atom is 0.251 e. The monoisotopic (exact) mass is 317 g/mol. The van der Waals surface area contributed by atoms with Crippen LogP contribution < -0.4 is 5.32 Å². The minimum atomic E-state index is -3.33. The fraction of sp³-hybridized carbons (Fsp3) is 0.500. The van der Waals surface area contributed by atoms with Gasteiger partial charge in [-0.3, -0.25) is 4.79 Å². The number of sulfone groups is 1. The van der Waals surface area contributed by atoms with Gasteiger partial charge in [0.2, 0.25) is 0 Å². The highest BCUT2D eigenvalue weighted by molar-refractivity contribution is 7.90. The lowest BCUT2D eigenvalue weighted by atomic mass is 9.94. The van der Waals surface area contributed by atoms with Crippen LogP contribution in [0.4, 0.5) is 0 Å². The van der Waals surface area contributed by atoms with E-state index < -0.39 is 15.4 Å². The largest absolute Gasteiger partial charge is 0.345 e. The number of carbonyl (C=O) groups is 1. The number of hydrogen-bond acceptors (Lipinski definition) is 3. The third kappa shape index (κ3) is 3.96. The van der Waals surface area contributed by atoms with Gasteiger partial charge in [-0.25, -0.2) is 8.42 Å². The molecule has 1 N–H and O–H groups in total. The third-order valence-electron chi connectivity index (χ3n) is 3.51. The smallest absolute Gasteiger partial charge is 0.251 e. The van der Waals surface area contributed by atoms with Crippen LogP contribution in [0, 0.1) is 0 Å². The Labute approximate surface area is 125 Å². The Hall–Kier alpha value is -1.07. The average Bonchev–Trinajstić information content (AvgIpc) is 2.44. The van der Waals surface area contributed by atoms with E-state index in [1.54, 1.807) is 12.1 Å². The Balaban J connectivity index is 3.05. The van der Waals surface area contributed by atoms with E-state index >= 15 is 0 Å². The standard InChI is InChI=1S/C14H20ClNO3S/c1-4-14(5-2,10-15)16-13(17)11-7-6-8-12(9-11)20(3,18)19/h6-9H,4-5,10H2,1-3H3,(H,16,17). The van der Waals surface area contributed by atoms with E-state index in [2.05, 4.69) is 5.32 Å². The average molecular weight is 318 g/mol. The Morgan fingerprint density at radius 3 is 2.35 bits per heavy atom. The maximum atomic E-state index is 12.3. The van der Waals surface area contributed by atoms with Gasteiger partial charge in [-0.15, -0.1) is 11.6 Å². The summed E-state index contributed by atoms with van der Waals surface area (Å²) in [6.45, 7) is 3.91. The normalized spacial score (nSPS) is 12.2. The second-order valence-electron chi connectivity index (χ2n) is 4.88. The van der Waals surface area contributed by atoms with Gasteiger partial charge < -0.3 is 5.32 Å². The molecule has 0 spiro atoms. The molecule has 0 unspecified atom stereocenters. The number of amides is 1. The summed E-state index contributed by atoms with van der Waals surface area (Å²) in [7, 11) is -3.33. The van der Waals surface area contributed by atoms with Gasteiger partial charge in [0.1, 0.15) is 0 Å². The molecule has 6 heteroatoms. The summed E-state index contributed by atoms with van der Waals surface area (Å²) in [6, 6.07) is 6.01. The van der Waals surface area contributed by atoms with Crippen LogP contribution in [0.1, 0.15) is 37.0 Å². The SMILES string of the molecule is CCC(CC)(CCl)NC(=O)c1cccc(S(C)(=O)=O)c1. The van der Waals surface area contributed by atoms with E-state index in [0.717, 1.165) is 6.26 Å². The Morgan fingerprint density at radius 1 is 1.30 bits per heavy atom. The van der Waals surface area contributed by atoms with Crippen LogP contribution in [-0.4, -0.2) is 32.0 Å². The molecule has 0 radical (unpaired) electrons. The van der Waals surface area contributed by atoms with Gasteiger partial charge in [0, 0.05) is 17.7 Å². The van der Waals surface area contributed by atoms with E-state index in [0.29, 0.717) is 24.3 Å². The first-order valence-corrected chi connectivity index (χ1v) is 8.89. The van der Waals surface area contributed by atoms with Crippen LogP contribution in [0.5, 0.6) is 0 Å². The molecule has 0 saturated heterocycles. The predicted octanol–water partition coefficient (Wildman–Crippen LogP) is 2.62. The number of benzene rings is 1. The van der Waals surface area contributed by atoms with Crippen molar-refractivity contribution in [1.29, 1.82) is 0 Å². The zero-order valence-electron chi connectivity index (χ0n) is 11.9. The van der Waals surface area contributed by atoms with E-state index in [4.69, 9.17) is 11.6 Å². The van der Waals surface area contributed by atoms with E-state index in [1.165, 1.54) is 12.1 Å². The second-order valence-corrected chi connectivity index (χ2v) is 7.16. The molecule has 0 aliphatic carbocycles. The van der Waals surface area contributed by atoms with Gasteiger partial charge in [0.05, 0.1) is 10.4 Å². The quantitative estimate of drug-likeness (QED) is 0.820. The minimum absolute atomic E-state index is 0.134. The second kappa shape index (κ2) is 6.59. The summed E-state index contributed by atoms with van der Waals surface area (Å²) in [6.07, 6.45) is 2.54. The summed E-state index contributed by atoms with van der Waals surface area (Å²) in [5.74, 6) is 0.0113. The highest BCUT2D eigenvalue weighted by atomic mass is 35.5. The van der Waals surface area contributed by atoms with Crippen molar-refractivity contribution in [2.75, 3.05) is 12.1 Å². The van der Waals surface area contributed by atoms with Gasteiger partial charge in [-0.2, -0.15) is 0 Å². The minimum Gasteiger partial charge on any atom is -0.345 e. The van der Waals surface area contributed by atoms with Gasteiger partial charge in [-0.05, 0) is 31.0 Å². The van der Waals surface area contributed by atoms with Crippen LogP contribution in [0.15, 0.2) is 29.2 Å². The van der Waals surface area contributed by atoms with Crippen molar-refractivity contribution >= 4 is 27.3 Å². The number of alkyl halides is 1. The molecular weight excluding hydrogens is 298 g/mol. The lowest BCUT2D eigenvalue weighted by molar-refractivity contribution is 0.0902. The van der Waals surface area contributed by atoms with Gasteiger partial charge >= 0.3 is 0 Å². The maximum absolute atomic E-state index is 12.3. The Kier molecular flexibility index (Phi) is 5.59. The van der Waals surface area contributed by atoms with Crippen molar-refractivity contribution in [2.24, 2.45) is 0 Å². The van der Waals surface area contributed by atoms with Gasteiger partial charge in [0.15, 0.2) is 9.84 Å². The number of rotatable bonds is 6. The summed E-state index contributed by atoms with van der Waals surface area (Å²) in [5.41, 5.74) is -0.135. The summed E-state index contributed by atoms with van der Waals surface area (Å²) < 4.78 is 23.0. The van der Waals surface area contributed by atoms with Crippen molar-refractivity contribution in [2.45, 2.75) is 37.1 Å². The molecule has 0 aliphatic rings. The van der Waals surface area contributed by atoms with Crippen molar-refractivity contribution in [3.05, 3.63) is 29.8 Å². The molecule has 0 atom stereocenters. The molecule has 112 valence electrons. The molecule has 4 nitrogen and oxygen atoms in total. The lowest BCUT2D eigenvalue weighted by Gasteiger charge is -2.30. The molecule has 0 fully saturated rings. The highest BCUT2D eigenvalue weighted by Gasteiger charge is 2.27. The molecule has 0 aromatic heterocycles. The zero-order chi connectivity index (χ0) is 15.4. The molecular formula is C14H20ClNO3S. The number of hydrogen-bond donors (Lipinski definition) is 1. The fourth-order valence-corrected chi connectivity index (χ4v) is 2.94. The molecule has 1 amide bonds. The molecule has 0 saturated carbocycles. The van der Waals surface area contributed by atoms with Crippen molar-refractivity contribution in [1.82, 2.24) is 5.32 Å². The molecule has 20 heavy (non-hydrogen) atoms. The topological polar surface area (TPSA) is 63.2 Å². The first-order chi connectivity index (χ1) is 9.28. The van der Waals surface area contributed by atoms with Crippen LogP contribution in [0.2, 0.25) is 0 Å². The van der Waals surface area contributed by atoms with Crippen molar-refractivity contribution in [3.63, 3.8) is 0 Å². The lowest BCUT2D eigenvalue weighted by Crippen LogP contribution is -2.49. The van der Waals surface area contributed by atoms with Crippen LogP contribution in [0.3, 0.4) is 0 Å². The van der Waals surface area contributed by atoms with Crippen molar-refractivity contribution < 1.29 is 13.2 Å². The first-order valence-electron chi connectivity index (χ1n) is 6.46. The molecule has 1 aromatic carbocycles. The van der Waals surface area contributed by atoms with E-state index in [9.17, 15) is 13.2 Å². The fourth-order valence-electron chi connectivity index (χ4n) is 1.83. The number of carbonyl (C=O) groups excluding carboxylic acids is 1. The molecule has 0 bridgehead atoms. The highest BCUT2D eigenvalue weighted by Crippen LogP contribution is 2.19. The Bertz CT molecular complexity index is 572. The predicted molar refractivity (Wildman–Crippen MR) is 81.1 cm³/mol. The zero-order valence-corrected chi connectivity index (χ0v) is 13.5. The molecule has 1 rings (SSSR count). The molecule has 1 aromatic rings. The Morgan fingerprint density at radius 2 is 1.90 bits per heavy atom. The van der Waals surface area contributed by atoms with Gasteiger partial charge in [0.25, 0.3) is 5.91 Å². The van der Waals surface area contributed by atoms with Crippen LogP contribution >= 0.6 is 11.6 Å². The summed E-state index contributed by atoms with van der Waals surface area (Å²) in [4.78, 5) is 12.4. The van der Waals surface area contributed by atoms with Gasteiger partial charge in [-0.1, -0.05) is 19.9 Å². The van der Waals surface area contributed by atoms with Crippen LogP contribution in [0.25, 0.3) is 0 Å². The summed E-state index contributed by atoms with van der Waals surface area (Å²) in [5, 5.41) is 2.91.